The largest absolute Gasteiger partial charge is 0.494 e. The number of hydrogen-bond donors (Lipinski definition) is 1. The van der Waals surface area contributed by atoms with Crippen molar-refractivity contribution in [1.82, 2.24) is 0 Å². The molecular weight excluding hydrogens is 159 g/mol. The Kier molecular flexibility index (Phi) is 2.15. The number of anilines is 1. The molecule has 2 N–H and O–H groups in total. The minimum absolute atomic E-state index is 0.00389. The Balaban J connectivity index is 3.36. The number of nitriles is 1. The SMILES string of the molecule is COc1c[c]c(N)c(C#N)c1F. The Morgan fingerprint density at radius 2 is 2.42 bits per heavy atom. The monoisotopic (exact) mass is 165 g/mol. The van der Waals surface area contributed by atoms with Crippen LogP contribution in [0.25, 0.3) is 0 Å². The van der Waals surface area contributed by atoms with E-state index < -0.39 is 5.82 Å². The molecule has 0 spiro atoms. The predicted molar refractivity (Wildman–Crippen MR) is 40.9 cm³/mol. The molecule has 1 aromatic rings. The molecule has 0 aromatic heterocycles. The first-order valence-corrected chi connectivity index (χ1v) is 3.14. The number of rotatable bonds is 1. The number of hydrogen-bond acceptors (Lipinski definition) is 3. The quantitative estimate of drug-likeness (QED) is 0.633. The number of methoxy groups -OCH3 is 1. The van der Waals surface area contributed by atoms with Crippen molar-refractivity contribution < 1.29 is 9.13 Å². The summed E-state index contributed by atoms with van der Waals surface area (Å²) >= 11 is 0. The highest BCUT2D eigenvalue weighted by atomic mass is 19.1. The number of nitrogen functional groups attached to an aromatic ring is 1. The molecule has 0 aliphatic heterocycles. The Morgan fingerprint density at radius 3 is 2.92 bits per heavy atom. The lowest BCUT2D eigenvalue weighted by Gasteiger charge is -2.03. The fraction of sp³-hybridized carbons (Fsp3) is 0.125. The molecule has 0 atom stereocenters. The molecule has 0 aliphatic rings. The summed E-state index contributed by atoms with van der Waals surface area (Å²) in [5.74, 6) is -0.767. The fourth-order valence-corrected chi connectivity index (χ4v) is 0.778. The molecule has 0 fully saturated rings. The van der Waals surface area contributed by atoms with E-state index >= 15 is 0 Å². The van der Waals surface area contributed by atoms with Crippen molar-refractivity contribution in [3.8, 4) is 11.8 Å². The maximum Gasteiger partial charge on any atom is 0.184 e. The van der Waals surface area contributed by atoms with E-state index in [1.807, 2.05) is 0 Å². The number of nitrogens with zero attached hydrogens (tertiary/aromatic N) is 1. The lowest BCUT2D eigenvalue weighted by molar-refractivity contribution is 0.386. The van der Waals surface area contributed by atoms with Crippen molar-refractivity contribution in [2.75, 3.05) is 12.8 Å². The molecule has 0 amide bonds. The molecule has 3 nitrogen and oxygen atoms in total. The summed E-state index contributed by atoms with van der Waals surface area (Å²) in [7, 11) is 1.31. The molecular formula is C8H6FN2O. The molecule has 0 saturated carbocycles. The Bertz CT molecular complexity index is 344. The first-order chi connectivity index (χ1) is 5.70. The van der Waals surface area contributed by atoms with Gasteiger partial charge >= 0.3 is 0 Å². The van der Waals surface area contributed by atoms with E-state index in [1.165, 1.54) is 13.2 Å². The average Bonchev–Trinajstić information content (AvgIpc) is 2.06. The minimum atomic E-state index is -0.740. The highest BCUT2D eigenvalue weighted by Gasteiger charge is 2.11. The average molecular weight is 165 g/mol. The van der Waals surface area contributed by atoms with Gasteiger partial charge in [0.2, 0.25) is 0 Å². The summed E-state index contributed by atoms with van der Waals surface area (Å²) in [6.07, 6.45) is 0. The Labute approximate surface area is 69.2 Å². The van der Waals surface area contributed by atoms with E-state index in [1.54, 1.807) is 6.07 Å². The van der Waals surface area contributed by atoms with E-state index in [0.29, 0.717) is 0 Å². The van der Waals surface area contributed by atoms with Crippen LogP contribution in [-0.2, 0) is 0 Å². The molecule has 4 heteroatoms. The molecule has 0 bridgehead atoms. The van der Waals surface area contributed by atoms with E-state index in [-0.39, 0.29) is 17.0 Å². The van der Waals surface area contributed by atoms with E-state index in [9.17, 15) is 4.39 Å². The van der Waals surface area contributed by atoms with Crippen LogP contribution >= 0.6 is 0 Å². The number of ether oxygens (including phenoxy) is 1. The highest BCUT2D eigenvalue weighted by molar-refractivity contribution is 5.56. The maximum atomic E-state index is 13.1. The summed E-state index contributed by atoms with van der Waals surface area (Å²) in [4.78, 5) is 0. The van der Waals surface area contributed by atoms with Gasteiger partial charge in [0, 0.05) is 6.07 Å². The van der Waals surface area contributed by atoms with Gasteiger partial charge in [-0.25, -0.2) is 4.39 Å². The van der Waals surface area contributed by atoms with Gasteiger partial charge in [-0.15, -0.1) is 0 Å². The van der Waals surface area contributed by atoms with Crippen LogP contribution in [0.15, 0.2) is 6.07 Å². The van der Waals surface area contributed by atoms with Crippen molar-refractivity contribution in [2.24, 2.45) is 0 Å². The zero-order valence-electron chi connectivity index (χ0n) is 6.39. The van der Waals surface area contributed by atoms with Gasteiger partial charge in [0.25, 0.3) is 0 Å². The fourth-order valence-electron chi connectivity index (χ4n) is 0.778. The topological polar surface area (TPSA) is 59.0 Å². The molecule has 1 rings (SSSR count). The standard InChI is InChI=1S/C8H6FN2O/c1-12-7-3-2-6(11)5(4-10)8(7)9/h3H,11H2,1H3. The van der Waals surface area contributed by atoms with Crippen LogP contribution in [0.5, 0.6) is 5.75 Å². The van der Waals surface area contributed by atoms with Crippen LogP contribution in [-0.4, -0.2) is 7.11 Å². The van der Waals surface area contributed by atoms with Crippen molar-refractivity contribution in [3.63, 3.8) is 0 Å². The zero-order valence-corrected chi connectivity index (χ0v) is 6.39. The number of benzene rings is 1. The van der Waals surface area contributed by atoms with E-state index in [4.69, 9.17) is 11.0 Å². The van der Waals surface area contributed by atoms with E-state index in [0.717, 1.165) is 0 Å². The first kappa shape index (κ1) is 8.34. The van der Waals surface area contributed by atoms with Gasteiger partial charge in [0.1, 0.15) is 11.6 Å². The van der Waals surface area contributed by atoms with Crippen molar-refractivity contribution in [2.45, 2.75) is 0 Å². The minimum Gasteiger partial charge on any atom is -0.494 e. The zero-order chi connectivity index (χ0) is 9.14. The summed E-state index contributed by atoms with van der Waals surface area (Å²) in [6.45, 7) is 0. The van der Waals surface area contributed by atoms with Crippen LogP contribution < -0.4 is 10.5 Å². The van der Waals surface area contributed by atoms with Gasteiger partial charge in [-0.05, 0) is 6.07 Å². The molecule has 1 radical (unpaired) electrons. The molecule has 12 heavy (non-hydrogen) atoms. The van der Waals surface area contributed by atoms with Crippen LogP contribution in [0.1, 0.15) is 5.56 Å². The van der Waals surface area contributed by atoms with Gasteiger partial charge in [-0.3, -0.25) is 0 Å². The second kappa shape index (κ2) is 3.09. The molecule has 61 valence electrons. The summed E-state index contributed by atoms with van der Waals surface area (Å²) < 4.78 is 17.7. The van der Waals surface area contributed by atoms with Gasteiger partial charge in [0.05, 0.1) is 12.8 Å². The molecule has 0 heterocycles. The third kappa shape index (κ3) is 1.17. The molecule has 0 unspecified atom stereocenters. The van der Waals surface area contributed by atoms with Crippen LogP contribution in [0.4, 0.5) is 10.1 Å². The van der Waals surface area contributed by atoms with Crippen molar-refractivity contribution >= 4 is 5.69 Å². The first-order valence-electron chi connectivity index (χ1n) is 3.14. The van der Waals surface area contributed by atoms with Crippen molar-refractivity contribution in [3.05, 3.63) is 23.5 Å². The summed E-state index contributed by atoms with van der Waals surface area (Å²) in [5, 5.41) is 8.47. The maximum absolute atomic E-state index is 13.1. The molecule has 0 saturated heterocycles. The van der Waals surface area contributed by atoms with E-state index in [2.05, 4.69) is 10.8 Å². The smallest absolute Gasteiger partial charge is 0.184 e. The number of halogens is 1. The third-order valence-corrected chi connectivity index (χ3v) is 1.40. The third-order valence-electron chi connectivity index (χ3n) is 1.40. The van der Waals surface area contributed by atoms with Crippen LogP contribution in [0.2, 0.25) is 0 Å². The lowest BCUT2D eigenvalue weighted by Crippen LogP contribution is -1.97. The second-order valence-corrected chi connectivity index (χ2v) is 2.07. The van der Waals surface area contributed by atoms with Crippen LogP contribution in [0.3, 0.4) is 0 Å². The van der Waals surface area contributed by atoms with Crippen molar-refractivity contribution in [1.29, 1.82) is 5.26 Å². The summed E-state index contributed by atoms with van der Waals surface area (Å²) in [5.41, 5.74) is 5.05. The van der Waals surface area contributed by atoms with Gasteiger partial charge in [0.15, 0.2) is 11.6 Å². The molecule has 0 aliphatic carbocycles. The van der Waals surface area contributed by atoms with Gasteiger partial charge in [-0.1, -0.05) is 0 Å². The Hall–Kier alpha value is -1.76. The van der Waals surface area contributed by atoms with Gasteiger partial charge in [-0.2, -0.15) is 5.26 Å². The molecule has 1 aromatic carbocycles. The highest BCUT2D eigenvalue weighted by Crippen LogP contribution is 2.23. The second-order valence-electron chi connectivity index (χ2n) is 2.07. The number of nitrogens with two attached hydrogens (primary N) is 1. The van der Waals surface area contributed by atoms with Gasteiger partial charge < -0.3 is 10.5 Å². The Morgan fingerprint density at radius 1 is 1.75 bits per heavy atom. The summed E-state index contributed by atoms with van der Waals surface area (Å²) in [6, 6.07) is 5.38. The normalized spacial score (nSPS) is 9.08. The van der Waals surface area contributed by atoms with Crippen LogP contribution in [0, 0.1) is 23.2 Å². The predicted octanol–water partition coefficient (Wildman–Crippen LogP) is 1.09. The lowest BCUT2D eigenvalue weighted by atomic mass is 10.2.